The highest BCUT2D eigenvalue weighted by atomic mass is 79.9. The molecule has 0 saturated carbocycles. The van der Waals surface area contributed by atoms with E-state index in [2.05, 4.69) is 15.9 Å². The zero-order valence-electron chi connectivity index (χ0n) is 8.70. The summed E-state index contributed by atoms with van der Waals surface area (Å²) in [5.41, 5.74) is -0.781. The first kappa shape index (κ1) is 13.1. The van der Waals surface area contributed by atoms with Crippen LogP contribution in [0.2, 0.25) is 0 Å². The predicted octanol–water partition coefficient (Wildman–Crippen LogP) is 2.66. The third-order valence-electron chi connectivity index (χ3n) is 2.37. The van der Waals surface area contributed by atoms with Gasteiger partial charge in [0.25, 0.3) is 0 Å². The van der Waals surface area contributed by atoms with Crippen LogP contribution in [0, 0.1) is 5.82 Å². The van der Waals surface area contributed by atoms with Crippen LogP contribution in [-0.4, -0.2) is 16.2 Å². The summed E-state index contributed by atoms with van der Waals surface area (Å²) < 4.78 is 13.2. The Labute approximate surface area is 101 Å². The zero-order chi connectivity index (χ0) is 12.3. The number of aliphatic hydroxyl groups is 1. The van der Waals surface area contributed by atoms with Crippen molar-refractivity contribution in [2.45, 2.75) is 25.4 Å². The third kappa shape index (κ3) is 3.28. The minimum absolute atomic E-state index is 0.0837. The summed E-state index contributed by atoms with van der Waals surface area (Å²) in [6.07, 6.45) is -0.0532. The molecule has 0 fully saturated rings. The molecule has 0 spiro atoms. The van der Waals surface area contributed by atoms with Crippen molar-refractivity contribution in [3.63, 3.8) is 0 Å². The van der Waals surface area contributed by atoms with E-state index in [9.17, 15) is 14.3 Å². The van der Waals surface area contributed by atoms with Gasteiger partial charge in [-0.05, 0) is 47.0 Å². The summed E-state index contributed by atoms with van der Waals surface area (Å²) in [7, 11) is 0. The Bertz CT molecular complexity index is 404. The highest BCUT2D eigenvalue weighted by molar-refractivity contribution is 9.10. The van der Waals surface area contributed by atoms with E-state index in [1.54, 1.807) is 0 Å². The topological polar surface area (TPSA) is 57.5 Å². The molecule has 0 aromatic heterocycles. The highest BCUT2D eigenvalue weighted by Crippen LogP contribution is 2.29. The Morgan fingerprint density at radius 2 is 2.19 bits per heavy atom. The molecule has 0 bridgehead atoms. The highest BCUT2D eigenvalue weighted by Gasteiger charge is 2.24. The van der Waals surface area contributed by atoms with E-state index in [1.165, 1.54) is 25.1 Å². The van der Waals surface area contributed by atoms with E-state index in [-0.39, 0.29) is 17.3 Å². The van der Waals surface area contributed by atoms with Crippen molar-refractivity contribution < 1.29 is 19.4 Å². The Morgan fingerprint density at radius 1 is 1.56 bits per heavy atom. The largest absolute Gasteiger partial charge is 0.481 e. The molecule has 16 heavy (non-hydrogen) atoms. The number of carbonyl (C=O) groups is 1. The maximum atomic E-state index is 13.0. The van der Waals surface area contributed by atoms with Crippen LogP contribution in [0.4, 0.5) is 4.39 Å². The van der Waals surface area contributed by atoms with Gasteiger partial charge in [0.15, 0.2) is 0 Å². The molecule has 1 rings (SSSR count). The lowest BCUT2D eigenvalue weighted by Crippen LogP contribution is -2.22. The van der Waals surface area contributed by atoms with Gasteiger partial charge in [0.05, 0.1) is 10.1 Å². The molecule has 88 valence electrons. The number of carboxylic acids is 1. The lowest BCUT2D eigenvalue weighted by atomic mass is 9.91. The molecular formula is C11H12BrFO3. The molecule has 1 atom stereocenters. The van der Waals surface area contributed by atoms with E-state index in [0.29, 0.717) is 5.56 Å². The fourth-order valence-electron chi connectivity index (χ4n) is 1.33. The minimum atomic E-state index is -1.27. The second kappa shape index (κ2) is 4.93. The van der Waals surface area contributed by atoms with Crippen molar-refractivity contribution in [1.29, 1.82) is 0 Å². The summed E-state index contributed by atoms with van der Waals surface area (Å²) in [5.74, 6) is -1.39. The molecule has 0 aliphatic rings. The minimum Gasteiger partial charge on any atom is -0.481 e. The second-order valence-electron chi connectivity index (χ2n) is 3.80. The van der Waals surface area contributed by atoms with Gasteiger partial charge >= 0.3 is 5.97 Å². The van der Waals surface area contributed by atoms with Crippen molar-refractivity contribution in [3.05, 3.63) is 34.1 Å². The van der Waals surface area contributed by atoms with Crippen LogP contribution < -0.4 is 0 Å². The van der Waals surface area contributed by atoms with Crippen LogP contribution in [0.25, 0.3) is 0 Å². The molecule has 1 aromatic carbocycles. The number of carboxylic acid groups (broad SMARTS) is 1. The van der Waals surface area contributed by atoms with Crippen LogP contribution in [0.15, 0.2) is 22.7 Å². The van der Waals surface area contributed by atoms with Gasteiger partial charge in [0.2, 0.25) is 0 Å². The summed E-state index contributed by atoms with van der Waals surface area (Å²) in [5, 5.41) is 18.6. The molecule has 0 heterocycles. The van der Waals surface area contributed by atoms with Gasteiger partial charge in [-0.15, -0.1) is 0 Å². The summed E-state index contributed by atoms with van der Waals surface area (Å²) in [4.78, 5) is 10.4. The van der Waals surface area contributed by atoms with Gasteiger partial charge in [-0.2, -0.15) is 0 Å². The van der Waals surface area contributed by atoms with E-state index in [1.807, 2.05) is 0 Å². The standard InChI is InChI=1S/C11H12BrFO3/c1-11(16,5-4-10(14)15)7-2-3-9(13)8(12)6-7/h2-3,6,16H,4-5H2,1H3,(H,14,15). The summed E-state index contributed by atoms with van der Waals surface area (Å²) in [6.45, 7) is 1.51. The van der Waals surface area contributed by atoms with Crippen molar-refractivity contribution in [3.8, 4) is 0 Å². The number of benzene rings is 1. The number of halogens is 2. The van der Waals surface area contributed by atoms with Gasteiger partial charge in [0.1, 0.15) is 5.82 Å². The van der Waals surface area contributed by atoms with Crippen molar-refractivity contribution in [2.24, 2.45) is 0 Å². The van der Waals surface area contributed by atoms with E-state index >= 15 is 0 Å². The predicted molar refractivity (Wildman–Crippen MR) is 60.5 cm³/mol. The number of hydrogen-bond acceptors (Lipinski definition) is 2. The molecular weight excluding hydrogens is 279 g/mol. The monoisotopic (exact) mass is 290 g/mol. The van der Waals surface area contributed by atoms with Crippen LogP contribution in [0.5, 0.6) is 0 Å². The first-order chi connectivity index (χ1) is 7.33. The van der Waals surface area contributed by atoms with Gasteiger partial charge in [-0.3, -0.25) is 4.79 Å². The number of rotatable bonds is 4. The van der Waals surface area contributed by atoms with Gasteiger partial charge < -0.3 is 10.2 Å². The Hall–Kier alpha value is -0.940. The first-order valence-corrected chi connectivity index (χ1v) is 5.52. The SMILES string of the molecule is CC(O)(CCC(=O)O)c1ccc(F)c(Br)c1. The normalized spacial score (nSPS) is 14.5. The molecule has 0 saturated heterocycles. The molecule has 0 radical (unpaired) electrons. The molecule has 0 amide bonds. The van der Waals surface area contributed by atoms with Crippen molar-refractivity contribution >= 4 is 21.9 Å². The smallest absolute Gasteiger partial charge is 0.303 e. The number of aliphatic carboxylic acids is 1. The van der Waals surface area contributed by atoms with Crippen LogP contribution >= 0.6 is 15.9 Å². The molecule has 2 N–H and O–H groups in total. The Kier molecular flexibility index (Phi) is 4.04. The maximum absolute atomic E-state index is 13.0. The molecule has 0 aliphatic heterocycles. The van der Waals surface area contributed by atoms with Crippen LogP contribution in [0.1, 0.15) is 25.3 Å². The maximum Gasteiger partial charge on any atom is 0.303 e. The van der Waals surface area contributed by atoms with Crippen molar-refractivity contribution in [1.82, 2.24) is 0 Å². The van der Waals surface area contributed by atoms with E-state index in [4.69, 9.17) is 5.11 Å². The van der Waals surface area contributed by atoms with Gasteiger partial charge in [-0.25, -0.2) is 4.39 Å². The Balaban J connectivity index is 2.88. The quantitative estimate of drug-likeness (QED) is 0.896. The van der Waals surface area contributed by atoms with Crippen molar-refractivity contribution in [2.75, 3.05) is 0 Å². The summed E-state index contributed by atoms with van der Waals surface area (Å²) >= 11 is 3.02. The molecule has 0 aliphatic carbocycles. The average molecular weight is 291 g/mol. The molecule has 1 aromatic rings. The molecule has 5 heteroatoms. The van der Waals surface area contributed by atoms with Gasteiger partial charge in [-0.1, -0.05) is 6.07 Å². The fraction of sp³-hybridized carbons (Fsp3) is 0.364. The zero-order valence-corrected chi connectivity index (χ0v) is 10.3. The van der Waals surface area contributed by atoms with Crippen LogP contribution in [0.3, 0.4) is 0 Å². The first-order valence-electron chi connectivity index (χ1n) is 4.72. The average Bonchev–Trinajstić information content (AvgIpc) is 2.19. The summed E-state index contributed by atoms with van der Waals surface area (Å²) in [6, 6.07) is 4.13. The Morgan fingerprint density at radius 3 is 2.69 bits per heavy atom. The van der Waals surface area contributed by atoms with Gasteiger partial charge in [0, 0.05) is 6.42 Å². The number of hydrogen-bond donors (Lipinski definition) is 2. The lowest BCUT2D eigenvalue weighted by Gasteiger charge is -2.23. The third-order valence-corrected chi connectivity index (χ3v) is 2.97. The lowest BCUT2D eigenvalue weighted by molar-refractivity contribution is -0.138. The van der Waals surface area contributed by atoms with Crippen LogP contribution in [-0.2, 0) is 10.4 Å². The van der Waals surface area contributed by atoms with E-state index in [0.717, 1.165) is 0 Å². The fourth-order valence-corrected chi connectivity index (χ4v) is 1.70. The van der Waals surface area contributed by atoms with E-state index < -0.39 is 17.4 Å². The second-order valence-corrected chi connectivity index (χ2v) is 4.65. The molecule has 1 unspecified atom stereocenters. The molecule has 3 nitrogen and oxygen atoms in total.